The molecule has 32 heavy (non-hydrogen) atoms. The van der Waals surface area contributed by atoms with E-state index in [9.17, 15) is 28.1 Å². The number of rotatable bonds is 7. The third-order valence-electron chi connectivity index (χ3n) is 4.90. The van der Waals surface area contributed by atoms with Gasteiger partial charge in [0.05, 0.1) is 26.1 Å². The highest BCUT2D eigenvalue weighted by atomic mass is 35.5. The maximum atomic E-state index is 12.7. The van der Waals surface area contributed by atoms with E-state index in [1.54, 1.807) is 6.92 Å². The fourth-order valence-corrected chi connectivity index (χ4v) is 4.89. The highest BCUT2D eigenvalue weighted by Crippen LogP contribution is 2.26. The number of carbonyl (C=O) groups excluding carboxylic acids is 2. The van der Waals surface area contributed by atoms with Gasteiger partial charge >= 0.3 is 5.97 Å². The molecule has 0 spiro atoms. The highest BCUT2D eigenvalue weighted by molar-refractivity contribution is 7.89. The van der Waals surface area contributed by atoms with Crippen LogP contribution in [-0.2, 0) is 19.6 Å². The zero-order chi connectivity index (χ0) is 23.5. The number of esters is 1. The molecular formula is C20H20ClN3O7S. The van der Waals surface area contributed by atoms with E-state index >= 15 is 0 Å². The number of ether oxygens (including phenoxy) is 1. The number of nitro groups is 1. The van der Waals surface area contributed by atoms with E-state index in [2.05, 4.69) is 5.32 Å². The van der Waals surface area contributed by atoms with Crippen LogP contribution in [0.15, 0.2) is 41.3 Å². The molecule has 0 atom stereocenters. The van der Waals surface area contributed by atoms with E-state index in [1.165, 1.54) is 34.6 Å². The molecule has 170 valence electrons. The third-order valence-corrected chi connectivity index (χ3v) is 7.13. The highest BCUT2D eigenvalue weighted by Gasteiger charge is 2.28. The molecule has 10 nitrogen and oxygen atoms in total. The van der Waals surface area contributed by atoms with Gasteiger partial charge in [-0.15, -0.1) is 0 Å². The molecule has 12 heteroatoms. The molecule has 1 fully saturated rings. The van der Waals surface area contributed by atoms with Gasteiger partial charge in [-0.3, -0.25) is 14.9 Å². The topological polar surface area (TPSA) is 136 Å². The van der Waals surface area contributed by atoms with Crippen LogP contribution in [0.1, 0.15) is 28.8 Å². The maximum absolute atomic E-state index is 12.7. The van der Waals surface area contributed by atoms with Crippen molar-refractivity contribution in [1.82, 2.24) is 4.31 Å². The number of anilines is 1. The summed E-state index contributed by atoms with van der Waals surface area (Å²) in [7, 11) is -3.77. The van der Waals surface area contributed by atoms with Crippen LogP contribution >= 0.6 is 11.6 Å². The number of non-ortho nitro benzene ring substituents is 1. The predicted molar refractivity (Wildman–Crippen MR) is 116 cm³/mol. The van der Waals surface area contributed by atoms with Crippen molar-refractivity contribution in [2.45, 2.75) is 24.7 Å². The van der Waals surface area contributed by atoms with Gasteiger partial charge in [-0.2, -0.15) is 4.31 Å². The molecule has 0 saturated carbocycles. The number of aryl methyl sites for hydroxylation is 1. The number of sulfonamides is 1. The first kappa shape index (κ1) is 23.6. The fourth-order valence-electron chi connectivity index (χ4n) is 3.15. The van der Waals surface area contributed by atoms with Gasteiger partial charge in [0, 0.05) is 25.2 Å². The Kier molecular flexibility index (Phi) is 7.12. The summed E-state index contributed by atoms with van der Waals surface area (Å²) < 4.78 is 31.7. The Morgan fingerprint density at radius 3 is 2.53 bits per heavy atom. The Balaban J connectivity index is 1.69. The lowest BCUT2D eigenvalue weighted by molar-refractivity contribution is -0.384. The lowest BCUT2D eigenvalue weighted by Gasteiger charge is -2.16. The molecule has 3 rings (SSSR count). The lowest BCUT2D eigenvalue weighted by atomic mass is 10.2. The molecule has 1 aliphatic rings. The molecule has 1 saturated heterocycles. The smallest absolute Gasteiger partial charge is 0.340 e. The molecule has 0 aliphatic carbocycles. The maximum Gasteiger partial charge on any atom is 0.340 e. The molecule has 1 amide bonds. The van der Waals surface area contributed by atoms with E-state index < -0.39 is 33.4 Å². The van der Waals surface area contributed by atoms with Crippen LogP contribution in [0.3, 0.4) is 0 Å². The van der Waals surface area contributed by atoms with Crippen molar-refractivity contribution in [3.05, 3.63) is 62.7 Å². The van der Waals surface area contributed by atoms with Gasteiger partial charge in [-0.05, 0) is 43.5 Å². The van der Waals surface area contributed by atoms with Crippen LogP contribution in [-0.4, -0.2) is 49.2 Å². The predicted octanol–water partition coefficient (Wildman–Crippen LogP) is 3.14. The summed E-state index contributed by atoms with van der Waals surface area (Å²) in [5, 5.41) is 13.3. The van der Waals surface area contributed by atoms with Crippen molar-refractivity contribution in [3.63, 3.8) is 0 Å². The third kappa shape index (κ3) is 5.23. The van der Waals surface area contributed by atoms with Gasteiger partial charge in [0.25, 0.3) is 11.6 Å². The molecule has 0 unspecified atom stereocenters. The first-order valence-corrected chi connectivity index (χ1v) is 11.4. The van der Waals surface area contributed by atoms with Gasteiger partial charge < -0.3 is 10.1 Å². The van der Waals surface area contributed by atoms with Gasteiger partial charge in [0.2, 0.25) is 10.0 Å². The summed E-state index contributed by atoms with van der Waals surface area (Å²) in [5.41, 5.74) is 0.395. The van der Waals surface area contributed by atoms with Crippen molar-refractivity contribution in [2.75, 3.05) is 25.0 Å². The Bertz CT molecular complexity index is 1180. The average molecular weight is 482 g/mol. The Morgan fingerprint density at radius 1 is 1.19 bits per heavy atom. The van der Waals surface area contributed by atoms with Crippen molar-refractivity contribution in [1.29, 1.82) is 0 Å². The Labute approximate surface area is 189 Å². The molecule has 0 radical (unpaired) electrons. The van der Waals surface area contributed by atoms with Crippen molar-refractivity contribution >= 4 is 44.9 Å². The molecule has 1 aliphatic heterocycles. The summed E-state index contributed by atoms with van der Waals surface area (Å²) in [5.74, 6) is -1.70. The summed E-state index contributed by atoms with van der Waals surface area (Å²) in [6.07, 6.45) is 1.53. The van der Waals surface area contributed by atoms with E-state index in [1.807, 2.05) is 0 Å². The van der Waals surface area contributed by atoms with E-state index in [-0.39, 0.29) is 26.9 Å². The summed E-state index contributed by atoms with van der Waals surface area (Å²) in [4.78, 5) is 34.8. The van der Waals surface area contributed by atoms with Crippen LogP contribution in [0.25, 0.3) is 0 Å². The van der Waals surface area contributed by atoms with E-state index in [0.29, 0.717) is 18.7 Å². The second-order valence-corrected chi connectivity index (χ2v) is 9.48. The monoisotopic (exact) mass is 481 g/mol. The number of hydrogen-bond acceptors (Lipinski definition) is 7. The Morgan fingerprint density at radius 2 is 1.88 bits per heavy atom. The number of nitrogens with zero attached hydrogens (tertiary/aromatic N) is 2. The van der Waals surface area contributed by atoms with Gasteiger partial charge in [0.15, 0.2) is 6.61 Å². The molecule has 0 aromatic heterocycles. The fraction of sp³-hybridized carbons (Fsp3) is 0.300. The van der Waals surface area contributed by atoms with Crippen LogP contribution < -0.4 is 5.32 Å². The van der Waals surface area contributed by atoms with Crippen molar-refractivity contribution < 1.29 is 27.7 Å². The molecular weight excluding hydrogens is 462 g/mol. The van der Waals surface area contributed by atoms with Crippen LogP contribution in [0, 0.1) is 17.0 Å². The molecule has 1 heterocycles. The summed E-state index contributed by atoms with van der Waals surface area (Å²) in [6, 6.07) is 7.69. The standard InChI is InChI=1S/C20H20ClN3O7S/c1-13-4-5-14(24(27)28)10-18(13)22-19(25)12-31-20(26)16-11-15(6-7-17(16)21)32(29,30)23-8-2-3-9-23/h4-7,10-11H,2-3,8-9,12H2,1H3,(H,22,25). The summed E-state index contributed by atoms with van der Waals surface area (Å²) >= 11 is 6.04. The number of amides is 1. The van der Waals surface area contributed by atoms with Crippen LogP contribution in [0.4, 0.5) is 11.4 Å². The Hall–Kier alpha value is -3.02. The van der Waals surface area contributed by atoms with Gasteiger partial charge in [-0.25, -0.2) is 13.2 Å². The molecule has 1 N–H and O–H groups in total. The quantitative estimate of drug-likeness (QED) is 0.364. The second kappa shape index (κ2) is 9.63. The second-order valence-electron chi connectivity index (χ2n) is 7.13. The molecule has 2 aromatic rings. The number of carbonyl (C=O) groups is 2. The minimum absolute atomic E-state index is 0.0229. The number of hydrogen-bond donors (Lipinski definition) is 1. The number of nitro benzene ring substituents is 1. The zero-order valence-electron chi connectivity index (χ0n) is 17.0. The largest absolute Gasteiger partial charge is 0.452 e. The number of benzene rings is 2. The van der Waals surface area contributed by atoms with Gasteiger partial charge in [0.1, 0.15) is 0 Å². The first-order valence-electron chi connectivity index (χ1n) is 9.61. The van der Waals surface area contributed by atoms with Crippen LogP contribution in [0.5, 0.6) is 0 Å². The minimum atomic E-state index is -3.77. The summed E-state index contributed by atoms with van der Waals surface area (Å²) in [6.45, 7) is 1.77. The normalized spacial score (nSPS) is 14.2. The lowest BCUT2D eigenvalue weighted by Crippen LogP contribution is -2.28. The van der Waals surface area contributed by atoms with E-state index in [0.717, 1.165) is 18.9 Å². The number of nitrogens with one attached hydrogen (secondary N) is 1. The minimum Gasteiger partial charge on any atom is -0.452 e. The number of halogens is 1. The van der Waals surface area contributed by atoms with E-state index in [4.69, 9.17) is 16.3 Å². The van der Waals surface area contributed by atoms with Crippen molar-refractivity contribution in [3.8, 4) is 0 Å². The van der Waals surface area contributed by atoms with Crippen molar-refractivity contribution in [2.24, 2.45) is 0 Å². The SMILES string of the molecule is Cc1ccc([N+](=O)[O-])cc1NC(=O)COC(=O)c1cc(S(=O)(=O)N2CCCC2)ccc1Cl. The molecule has 2 aromatic carbocycles. The van der Waals surface area contributed by atoms with Gasteiger partial charge in [-0.1, -0.05) is 17.7 Å². The first-order chi connectivity index (χ1) is 15.1. The zero-order valence-corrected chi connectivity index (χ0v) is 18.6. The van der Waals surface area contributed by atoms with Crippen LogP contribution in [0.2, 0.25) is 5.02 Å². The average Bonchev–Trinajstić information content (AvgIpc) is 3.29. The molecule has 0 bridgehead atoms.